The number of fused-ring (bicyclic) bond motifs is 1. The highest BCUT2D eigenvalue weighted by Crippen LogP contribution is 2.26. The molecule has 6 heteroatoms. The normalized spacial score (nSPS) is 14.0. The lowest BCUT2D eigenvalue weighted by molar-refractivity contribution is 0.0735. The molecule has 0 unspecified atom stereocenters. The monoisotopic (exact) mass is 307 g/mol. The van der Waals surface area contributed by atoms with Crippen molar-refractivity contribution in [3.63, 3.8) is 0 Å². The Morgan fingerprint density at radius 2 is 2.40 bits per heavy atom. The van der Waals surface area contributed by atoms with Crippen LogP contribution in [-0.2, 0) is 13.0 Å². The van der Waals surface area contributed by atoms with E-state index in [4.69, 9.17) is 11.6 Å². The number of thiophene rings is 1. The molecule has 0 radical (unpaired) electrons. The molecular weight excluding hydrogens is 294 g/mol. The van der Waals surface area contributed by atoms with Gasteiger partial charge in [-0.05, 0) is 29.5 Å². The van der Waals surface area contributed by atoms with Crippen LogP contribution in [0.1, 0.15) is 20.8 Å². The van der Waals surface area contributed by atoms with Gasteiger partial charge in [0.25, 0.3) is 5.91 Å². The molecule has 0 aromatic carbocycles. The van der Waals surface area contributed by atoms with Crippen molar-refractivity contribution >= 4 is 34.7 Å². The predicted molar refractivity (Wildman–Crippen MR) is 81.6 cm³/mol. The molecule has 1 aliphatic heterocycles. The number of amides is 1. The van der Waals surface area contributed by atoms with Gasteiger partial charge >= 0.3 is 0 Å². The average Bonchev–Trinajstić information content (AvgIpc) is 2.93. The standard InChI is InChI=1S/C14H14ClN3OS/c1-16-13-11(15)6-10(7-17-13)14(19)18-4-2-12-9(8-18)3-5-20-12/h3,5-7H,2,4,8H2,1H3,(H,16,17). The number of nitrogens with one attached hydrogen (secondary N) is 1. The quantitative estimate of drug-likeness (QED) is 0.927. The lowest BCUT2D eigenvalue weighted by atomic mass is 10.1. The summed E-state index contributed by atoms with van der Waals surface area (Å²) in [5.41, 5.74) is 1.79. The van der Waals surface area contributed by atoms with Crippen LogP contribution in [0.15, 0.2) is 23.7 Å². The van der Waals surface area contributed by atoms with Crippen LogP contribution in [0.3, 0.4) is 0 Å². The molecule has 20 heavy (non-hydrogen) atoms. The van der Waals surface area contributed by atoms with Crippen molar-refractivity contribution in [1.29, 1.82) is 0 Å². The molecule has 104 valence electrons. The number of pyridine rings is 1. The number of rotatable bonds is 2. The molecule has 4 nitrogen and oxygen atoms in total. The minimum atomic E-state index is -0.0149. The van der Waals surface area contributed by atoms with Crippen LogP contribution in [0, 0.1) is 0 Å². The SMILES string of the molecule is CNc1ncc(C(=O)N2CCc3sccc3C2)cc1Cl. The summed E-state index contributed by atoms with van der Waals surface area (Å²) in [7, 11) is 1.75. The molecule has 0 saturated carbocycles. The van der Waals surface area contributed by atoms with Gasteiger partial charge < -0.3 is 10.2 Å². The summed E-state index contributed by atoms with van der Waals surface area (Å²) in [6.07, 6.45) is 2.50. The molecule has 1 N–H and O–H groups in total. The molecular formula is C14H14ClN3OS. The van der Waals surface area contributed by atoms with Crippen molar-refractivity contribution in [3.8, 4) is 0 Å². The second kappa shape index (κ2) is 5.42. The van der Waals surface area contributed by atoms with Gasteiger partial charge in [-0.3, -0.25) is 4.79 Å². The Bertz CT molecular complexity index is 656. The highest BCUT2D eigenvalue weighted by Gasteiger charge is 2.23. The number of anilines is 1. The Kier molecular flexibility index (Phi) is 3.63. The molecule has 0 atom stereocenters. The number of aromatic nitrogens is 1. The van der Waals surface area contributed by atoms with Crippen molar-refractivity contribution in [3.05, 3.63) is 44.7 Å². The third-order valence-corrected chi connectivity index (χ3v) is 4.73. The van der Waals surface area contributed by atoms with Crippen LogP contribution in [0.4, 0.5) is 5.82 Å². The summed E-state index contributed by atoms with van der Waals surface area (Å²) >= 11 is 7.84. The van der Waals surface area contributed by atoms with Crippen LogP contribution < -0.4 is 5.32 Å². The van der Waals surface area contributed by atoms with Crippen molar-refractivity contribution in [1.82, 2.24) is 9.88 Å². The van der Waals surface area contributed by atoms with E-state index in [9.17, 15) is 4.79 Å². The fourth-order valence-electron chi connectivity index (χ4n) is 2.34. The highest BCUT2D eigenvalue weighted by molar-refractivity contribution is 7.10. The van der Waals surface area contributed by atoms with Crippen LogP contribution in [0.25, 0.3) is 0 Å². The van der Waals surface area contributed by atoms with Crippen molar-refractivity contribution in [2.24, 2.45) is 0 Å². The largest absolute Gasteiger partial charge is 0.372 e. The van der Waals surface area contributed by atoms with Crippen LogP contribution in [0.5, 0.6) is 0 Å². The molecule has 1 aliphatic rings. The van der Waals surface area contributed by atoms with E-state index < -0.39 is 0 Å². The van der Waals surface area contributed by atoms with E-state index in [0.29, 0.717) is 22.9 Å². The first kappa shape index (κ1) is 13.4. The number of hydrogen-bond donors (Lipinski definition) is 1. The summed E-state index contributed by atoms with van der Waals surface area (Å²) in [4.78, 5) is 19.9. The molecule has 0 saturated heterocycles. The molecule has 0 aliphatic carbocycles. The van der Waals surface area contributed by atoms with Crippen LogP contribution in [0.2, 0.25) is 5.02 Å². The third kappa shape index (κ3) is 2.39. The lowest BCUT2D eigenvalue weighted by Gasteiger charge is -2.27. The number of hydrogen-bond acceptors (Lipinski definition) is 4. The molecule has 2 aromatic rings. The first-order valence-electron chi connectivity index (χ1n) is 6.37. The van der Waals surface area contributed by atoms with E-state index in [0.717, 1.165) is 13.0 Å². The zero-order valence-corrected chi connectivity index (χ0v) is 12.6. The zero-order valence-electron chi connectivity index (χ0n) is 11.0. The van der Waals surface area contributed by atoms with Gasteiger partial charge in [-0.2, -0.15) is 0 Å². The molecule has 1 amide bonds. The Morgan fingerprint density at radius 1 is 1.55 bits per heavy atom. The Morgan fingerprint density at radius 3 is 3.15 bits per heavy atom. The van der Waals surface area contributed by atoms with Gasteiger partial charge in [0.1, 0.15) is 5.82 Å². The molecule has 3 rings (SSSR count). The van der Waals surface area contributed by atoms with E-state index in [1.165, 1.54) is 10.4 Å². The smallest absolute Gasteiger partial charge is 0.255 e. The summed E-state index contributed by atoms with van der Waals surface area (Å²) in [5, 5.41) is 5.43. The second-order valence-electron chi connectivity index (χ2n) is 4.65. The summed E-state index contributed by atoms with van der Waals surface area (Å²) in [6.45, 7) is 1.42. The van der Waals surface area contributed by atoms with Gasteiger partial charge in [-0.25, -0.2) is 4.98 Å². The van der Waals surface area contributed by atoms with Gasteiger partial charge in [-0.1, -0.05) is 11.6 Å². The molecule has 0 bridgehead atoms. The Labute approximate surface area is 126 Å². The van der Waals surface area contributed by atoms with E-state index in [2.05, 4.69) is 21.7 Å². The number of carbonyl (C=O) groups is 1. The van der Waals surface area contributed by atoms with Crippen molar-refractivity contribution in [2.75, 3.05) is 18.9 Å². The Hall–Kier alpha value is -1.59. The molecule has 2 aromatic heterocycles. The maximum atomic E-state index is 12.5. The molecule has 0 spiro atoms. The summed E-state index contributed by atoms with van der Waals surface area (Å²) in [6, 6.07) is 3.76. The van der Waals surface area contributed by atoms with Gasteiger partial charge in [-0.15, -0.1) is 11.3 Å². The topological polar surface area (TPSA) is 45.2 Å². The Balaban J connectivity index is 1.81. The second-order valence-corrected chi connectivity index (χ2v) is 6.06. The lowest BCUT2D eigenvalue weighted by Crippen LogP contribution is -2.35. The maximum absolute atomic E-state index is 12.5. The van der Waals surface area contributed by atoms with Gasteiger partial charge in [0, 0.05) is 31.2 Å². The van der Waals surface area contributed by atoms with Gasteiger partial charge in [0.2, 0.25) is 0 Å². The highest BCUT2D eigenvalue weighted by atomic mass is 35.5. The minimum Gasteiger partial charge on any atom is -0.372 e. The zero-order chi connectivity index (χ0) is 14.1. The van der Waals surface area contributed by atoms with Crippen molar-refractivity contribution in [2.45, 2.75) is 13.0 Å². The number of halogens is 1. The summed E-state index contributed by atoms with van der Waals surface area (Å²) in [5.74, 6) is 0.570. The average molecular weight is 308 g/mol. The van der Waals surface area contributed by atoms with Gasteiger partial charge in [0.15, 0.2) is 0 Å². The fraction of sp³-hybridized carbons (Fsp3) is 0.286. The first-order chi connectivity index (χ1) is 9.69. The van der Waals surface area contributed by atoms with E-state index in [-0.39, 0.29) is 5.91 Å². The van der Waals surface area contributed by atoms with Crippen molar-refractivity contribution < 1.29 is 4.79 Å². The predicted octanol–water partition coefficient (Wildman–Crippen LogP) is 3.04. The van der Waals surface area contributed by atoms with Crippen LogP contribution in [-0.4, -0.2) is 29.4 Å². The third-order valence-electron chi connectivity index (χ3n) is 3.42. The van der Waals surface area contributed by atoms with E-state index in [1.54, 1.807) is 30.6 Å². The van der Waals surface area contributed by atoms with E-state index >= 15 is 0 Å². The molecule has 3 heterocycles. The maximum Gasteiger partial charge on any atom is 0.255 e. The summed E-state index contributed by atoms with van der Waals surface area (Å²) < 4.78 is 0. The minimum absolute atomic E-state index is 0.0149. The number of carbonyl (C=O) groups excluding carboxylic acids is 1. The van der Waals surface area contributed by atoms with Gasteiger partial charge in [0.05, 0.1) is 10.6 Å². The van der Waals surface area contributed by atoms with Crippen LogP contribution >= 0.6 is 22.9 Å². The first-order valence-corrected chi connectivity index (χ1v) is 7.62. The van der Waals surface area contributed by atoms with E-state index in [1.807, 2.05) is 4.90 Å². The molecule has 0 fully saturated rings. The number of nitrogens with zero attached hydrogens (tertiary/aromatic N) is 2. The fourth-order valence-corrected chi connectivity index (χ4v) is 3.49.